The van der Waals surface area contributed by atoms with Gasteiger partial charge < -0.3 is 14.5 Å². The first kappa shape index (κ1) is 18.6. The first-order chi connectivity index (χ1) is 12.9. The fourth-order valence-electron chi connectivity index (χ4n) is 2.71. The van der Waals surface area contributed by atoms with Gasteiger partial charge in [-0.15, -0.1) is 0 Å². The van der Waals surface area contributed by atoms with Gasteiger partial charge in [0.15, 0.2) is 6.61 Å². The predicted molar refractivity (Wildman–Crippen MR) is 98.6 cm³/mol. The Labute approximate surface area is 156 Å². The minimum absolute atomic E-state index is 0.0100. The van der Waals surface area contributed by atoms with E-state index < -0.39 is 24.3 Å². The number of halogens is 1. The molecule has 0 aliphatic heterocycles. The molecule has 1 amide bonds. The Morgan fingerprint density at radius 1 is 1.11 bits per heavy atom. The van der Waals surface area contributed by atoms with E-state index in [2.05, 4.69) is 5.32 Å². The number of carbonyl (C=O) groups excluding carboxylic acids is 2. The molecule has 0 bridgehead atoms. The van der Waals surface area contributed by atoms with E-state index in [1.54, 1.807) is 18.2 Å². The fraction of sp³-hybridized carbons (Fsp3) is 0.238. The Balaban J connectivity index is 1.52. The van der Waals surface area contributed by atoms with E-state index in [-0.39, 0.29) is 13.0 Å². The Bertz CT molecular complexity index is 993. The van der Waals surface area contributed by atoms with E-state index in [0.29, 0.717) is 16.7 Å². The minimum atomic E-state index is -0.531. The fourth-order valence-corrected chi connectivity index (χ4v) is 2.71. The summed E-state index contributed by atoms with van der Waals surface area (Å²) in [5.41, 5.74) is 4.00. The summed E-state index contributed by atoms with van der Waals surface area (Å²) in [6.07, 6.45) is 1.54. The van der Waals surface area contributed by atoms with Crippen LogP contribution in [0.2, 0.25) is 0 Å². The summed E-state index contributed by atoms with van der Waals surface area (Å²) in [4.78, 5) is 23.8. The lowest BCUT2D eigenvalue weighted by Gasteiger charge is -2.07. The van der Waals surface area contributed by atoms with E-state index in [1.165, 1.54) is 12.3 Å². The molecule has 3 rings (SSSR count). The summed E-state index contributed by atoms with van der Waals surface area (Å²) in [5.74, 6) is -1.42. The van der Waals surface area contributed by atoms with Crippen molar-refractivity contribution in [3.05, 3.63) is 70.7 Å². The standard InChI is InChI=1S/C21H20FNO4/c1-13-7-17-16(11-26-19(17)8-14(13)2)9-21(25)27-12-20(24)23-10-15-5-3-4-6-18(15)22/h3-8,11H,9-10,12H2,1-2H3,(H,23,24). The molecule has 0 unspecified atom stereocenters. The number of fused-ring (bicyclic) bond motifs is 1. The molecule has 5 nitrogen and oxygen atoms in total. The monoisotopic (exact) mass is 369 g/mol. The van der Waals surface area contributed by atoms with Gasteiger partial charge in [0.1, 0.15) is 11.4 Å². The summed E-state index contributed by atoms with van der Waals surface area (Å²) >= 11 is 0. The predicted octanol–water partition coefficient (Wildman–Crippen LogP) is 3.59. The Morgan fingerprint density at radius 2 is 1.85 bits per heavy atom. The molecule has 140 valence electrons. The van der Waals surface area contributed by atoms with E-state index in [9.17, 15) is 14.0 Å². The van der Waals surface area contributed by atoms with Crippen molar-refractivity contribution in [3.8, 4) is 0 Å². The summed E-state index contributed by atoms with van der Waals surface area (Å²) in [7, 11) is 0. The van der Waals surface area contributed by atoms with Gasteiger partial charge in [0.05, 0.1) is 12.7 Å². The molecule has 1 N–H and O–H groups in total. The third-order valence-electron chi connectivity index (χ3n) is 4.40. The highest BCUT2D eigenvalue weighted by Gasteiger charge is 2.14. The number of hydrogen-bond acceptors (Lipinski definition) is 4. The lowest BCUT2D eigenvalue weighted by Crippen LogP contribution is -2.29. The van der Waals surface area contributed by atoms with Gasteiger partial charge in [-0.25, -0.2) is 4.39 Å². The third-order valence-corrected chi connectivity index (χ3v) is 4.40. The van der Waals surface area contributed by atoms with Crippen LogP contribution in [0.4, 0.5) is 4.39 Å². The zero-order chi connectivity index (χ0) is 19.4. The highest BCUT2D eigenvalue weighted by molar-refractivity contribution is 5.87. The molecule has 0 saturated carbocycles. The van der Waals surface area contributed by atoms with Crippen LogP contribution in [0.1, 0.15) is 22.3 Å². The number of aryl methyl sites for hydroxylation is 2. The van der Waals surface area contributed by atoms with Crippen LogP contribution >= 0.6 is 0 Å². The SMILES string of the molecule is Cc1cc2occ(CC(=O)OCC(=O)NCc3ccccc3F)c2cc1C. The molecule has 1 aromatic heterocycles. The normalized spacial score (nSPS) is 10.8. The van der Waals surface area contributed by atoms with Crippen LogP contribution in [0.5, 0.6) is 0 Å². The van der Waals surface area contributed by atoms with Crippen LogP contribution in [-0.2, 0) is 27.3 Å². The van der Waals surface area contributed by atoms with Gasteiger partial charge in [-0.3, -0.25) is 9.59 Å². The van der Waals surface area contributed by atoms with Crippen molar-refractivity contribution >= 4 is 22.8 Å². The molecule has 0 spiro atoms. The number of ether oxygens (including phenoxy) is 1. The minimum Gasteiger partial charge on any atom is -0.464 e. The zero-order valence-electron chi connectivity index (χ0n) is 15.2. The molecule has 0 aliphatic rings. The van der Waals surface area contributed by atoms with Crippen LogP contribution in [0.25, 0.3) is 11.0 Å². The molecule has 0 radical (unpaired) electrons. The van der Waals surface area contributed by atoms with Gasteiger partial charge in [0.2, 0.25) is 0 Å². The second-order valence-corrected chi connectivity index (χ2v) is 6.40. The number of carbonyl (C=O) groups is 2. The molecular weight excluding hydrogens is 349 g/mol. The Morgan fingerprint density at radius 3 is 2.63 bits per heavy atom. The van der Waals surface area contributed by atoms with E-state index in [4.69, 9.17) is 9.15 Å². The smallest absolute Gasteiger partial charge is 0.310 e. The average molecular weight is 369 g/mol. The maximum atomic E-state index is 13.5. The molecule has 3 aromatic rings. The maximum Gasteiger partial charge on any atom is 0.310 e. The summed E-state index contributed by atoms with van der Waals surface area (Å²) < 4.78 is 24.0. The zero-order valence-corrected chi connectivity index (χ0v) is 15.2. The van der Waals surface area contributed by atoms with Crippen LogP contribution in [-0.4, -0.2) is 18.5 Å². The van der Waals surface area contributed by atoms with Gasteiger partial charge in [0, 0.05) is 23.1 Å². The highest BCUT2D eigenvalue weighted by atomic mass is 19.1. The lowest BCUT2D eigenvalue weighted by atomic mass is 10.0. The van der Waals surface area contributed by atoms with Gasteiger partial charge in [-0.1, -0.05) is 18.2 Å². The van der Waals surface area contributed by atoms with Gasteiger partial charge in [0.25, 0.3) is 5.91 Å². The number of benzene rings is 2. The molecule has 0 fully saturated rings. The second kappa shape index (κ2) is 8.03. The van der Waals surface area contributed by atoms with E-state index in [0.717, 1.165) is 16.5 Å². The van der Waals surface area contributed by atoms with Gasteiger partial charge in [-0.05, 0) is 43.2 Å². The van der Waals surface area contributed by atoms with E-state index >= 15 is 0 Å². The molecular formula is C21H20FNO4. The number of esters is 1. The van der Waals surface area contributed by atoms with Crippen molar-refractivity contribution in [3.63, 3.8) is 0 Å². The largest absolute Gasteiger partial charge is 0.464 e. The van der Waals surface area contributed by atoms with Crippen molar-refractivity contribution in [2.45, 2.75) is 26.8 Å². The number of hydrogen-bond donors (Lipinski definition) is 1. The Hall–Kier alpha value is -3.15. The molecule has 0 saturated heterocycles. The highest BCUT2D eigenvalue weighted by Crippen LogP contribution is 2.25. The summed E-state index contributed by atoms with van der Waals surface area (Å²) in [6.45, 7) is 3.60. The molecule has 0 atom stereocenters. The molecule has 1 heterocycles. The summed E-state index contributed by atoms with van der Waals surface area (Å²) in [6, 6.07) is 10.1. The lowest BCUT2D eigenvalue weighted by molar-refractivity contribution is -0.147. The van der Waals surface area contributed by atoms with Gasteiger partial charge >= 0.3 is 5.97 Å². The summed E-state index contributed by atoms with van der Waals surface area (Å²) in [5, 5.41) is 3.38. The Kier molecular flexibility index (Phi) is 5.54. The van der Waals surface area contributed by atoms with Crippen molar-refractivity contribution in [2.24, 2.45) is 0 Å². The first-order valence-electron chi connectivity index (χ1n) is 8.57. The molecule has 2 aromatic carbocycles. The number of furan rings is 1. The number of rotatable bonds is 6. The molecule has 27 heavy (non-hydrogen) atoms. The van der Waals surface area contributed by atoms with Crippen LogP contribution in [0.3, 0.4) is 0 Å². The number of nitrogens with one attached hydrogen (secondary N) is 1. The quantitative estimate of drug-likeness (QED) is 0.674. The molecule has 0 aliphatic carbocycles. The van der Waals surface area contributed by atoms with Crippen molar-refractivity contribution in [1.29, 1.82) is 0 Å². The second-order valence-electron chi connectivity index (χ2n) is 6.40. The van der Waals surface area contributed by atoms with Crippen molar-refractivity contribution in [2.75, 3.05) is 6.61 Å². The third kappa shape index (κ3) is 4.53. The van der Waals surface area contributed by atoms with E-state index in [1.807, 2.05) is 26.0 Å². The average Bonchev–Trinajstić information content (AvgIpc) is 3.01. The van der Waals surface area contributed by atoms with Crippen LogP contribution in [0, 0.1) is 19.7 Å². The first-order valence-corrected chi connectivity index (χ1v) is 8.57. The maximum absolute atomic E-state index is 13.5. The number of amides is 1. The van der Waals surface area contributed by atoms with Crippen LogP contribution < -0.4 is 5.32 Å². The van der Waals surface area contributed by atoms with Crippen molar-refractivity contribution in [1.82, 2.24) is 5.32 Å². The molecule has 6 heteroatoms. The van der Waals surface area contributed by atoms with Crippen molar-refractivity contribution < 1.29 is 23.1 Å². The topological polar surface area (TPSA) is 68.5 Å². The van der Waals surface area contributed by atoms with Gasteiger partial charge in [-0.2, -0.15) is 0 Å². The van der Waals surface area contributed by atoms with Crippen LogP contribution in [0.15, 0.2) is 47.1 Å².